The van der Waals surface area contributed by atoms with E-state index in [9.17, 15) is 20.1 Å². The van der Waals surface area contributed by atoms with Crippen LogP contribution in [0.4, 0.5) is 0 Å². The number of rotatable bonds is 3. The lowest BCUT2D eigenvalue weighted by molar-refractivity contribution is -0.131. The van der Waals surface area contributed by atoms with Crippen LogP contribution in [-0.4, -0.2) is 28.4 Å². The molecule has 3 N–H and O–H groups in total. The van der Waals surface area contributed by atoms with Crippen LogP contribution in [-0.2, 0) is 14.3 Å². The van der Waals surface area contributed by atoms with Crippen LogP contribution in [0.15, 0.2) is 54.0 Å². The highest BCUT2D eigenvalue weighted by Crippen LogP contribution is 2.36. The quantitative estimate of drug-likeness (QED) is 0.593. The van der Waals surface area contributed by atoms with Gasteiger partial charge in [0.15, 0.2) is 23.0 Å². The Labute approximate surface area is 137 Å². The zero-order chi connectivity index (χ0) is 17.3. The molecule has 0 unspecified atom stereocenters. The first kappa shape index (κ1) is 15.5. The highest BCUT2D eigenvalue weighted by molar-refractivity contribution is 6.21. The Morgan fingerprint density at radius 3 is 2.33 bits per heavy atom. The Balaban J connectivity index is 2.06. The molecule has 0 bridgehead atoms. The molecule has 6 heteroatoms. The summed E-state index contributed by atoms with van der Waals surface area (Å²) in [6.07, 6.45) is 1.52. The predicted octanol–water partition coefficient (Wildman–Crippen LogP) is 2.76. The monoisotopic (exact) mass is 326 g/mol. The van der Waals surface area contributed by atoms with E-state index in [1.165, 1.54) is 37.5 Å². The van der Waals surface area contributed by atoms with Gasteiger partial charge in [0.2, 0.25) is 0 Å². The molecule has 0 atom stereocenters. The molecule has 0 radical (unpaired) electrons. The van der Waals surface area contributed by atoms with Gasteiger partial charge in [-0.05, 0) is 41.5 Å². The molecule has 0 saturated heterocycles. The van der Waals surface area contributed by atoms with Crippen LogP contribution in [0.5, 0.6) is 17.2 Å². The van der Waals surface area contributed by atoms with E-state index in [2.05, 4.69) is 0 Å². The molecular formula is C18H14O6. The number of carbonyl (C=O) groups excluding carboxylic acids is 1. The Hall–Kier alpha value is -3.41. The lowest BCUT2D eigenvalue weighted by atomic mass is 10.0. The van der Waals surface area contributed by atoms with Gasteiger partial charge in [-0.15, -0.1) is 0 Å². The fourth-order valence-corrected chi connectivity index (χ4v) is 2.37. The molecule has 0 saturated carbocycles. The van der Waals surface area contributed by atoms with Crippen molar-refractivity contribution in [3.05, 3.63) is 65.1 Å². The van der Waals surface area contributed by atoms with Crippen molar-refractivity contribution in [2.75, 3.05) is 7.11 Å². The number of esters is 1. The minimum absolute atomic E-state index is 0.0833. The zero-order valence-corrected chi connectivity index (χ0v) is 12.7. The topological polar surface area (TPSA) is 96.2 Å². The van der Waals surface area contributed by atoms with E-state index < -0.39 is 5.97 Å². The third-order valence-corrected chi connectivity index (χ3v) is 3.51. The van der Waals surface area contributed by atoms with Crippen LogP contribution < -0.4 is 0 Å². The van der Waals surface area contributed by atoms with Crippen molar-refractivity contribution in [1.29, 1.82) is 0 Å². The van der Waals surface area contributed by atoms with Gasteiger partial charge in [-0.25, -0.2) is 4.79 Å². The molecule has 2 aromatic rings. The van der Waals surface area contributed by atoms with Crippen molar-refractivity contribution in [2.45, 2.75) is 0 Å². The maximum atomic E-state index is 12.2. The number of carbonyl (C=O) groups is 1. The minimum atomic E-state index is -0.577. The number of benzene rings is 2. The number of phenolic OH excluding ortho intramolecular Hbond substituents is 3. The standard InChI is InChI=1S/C18H14O6/c1-23-17-15(9-10-2-7-13(20)14(21)8-10)24-18(22)16(17)11-3-5-12(19)6-4-11/h2-9,19-21H,1H3/b15-9-. The van der Waals surface area contributed by atoms with E-state index in [4.69, 9.17) is 9.47 Å². The second-order valence-electron chi connectivity index (χ2n) is 5.10. The van der Waals surface area contributed by atoms with Crippen molar-refractivity contribution >= 4 is 17.6 Å². The zero-order valence-electron chi connectivity index (χ0n) is 12.7. The molecule has 24 heavy (non-hydrogen) atoms. The van der Waals surface area contributed by atoms with Gasteiger partial charge in [0.1, 0.15) is 11.3 Å². The number of phenols is 3. The fourth-order valence-electron chi connectivity index (χ4n) is 2.37. The normalized spacial score (nSPS) is 15.7. The number of aromatic hydroxyl groups is 3. The van der Waals surface area contributed by atoms with Crippen LogP contribution in [0, 0.1) is 0 Å². The Bertz CT molecular complexity index is 862. The minimum Gasteiger partial charge on any atom is -0.508 e. The lowest BCUT2D eigenvalue weighted by Crippen LogP contribution is -1.98. The highest BCUT2D eigenvalue weighted by atomic mass is 16.6. The first-order valence-electron chi connectivity index (χ1n) is 7.03. The smallest absolute Gasteiger partial charge is 0.348 e. The Morgan fingerprint density at radius 1 is 1.00 bits per heavy atom. The van der Waals surface area contributed by atoms with Gasteiger partial charge in [-0.1, -0.05) is 18.2 Å². The summed E-state index contributed by atoms with van der Waals surface area (Å²) in [6.45, 7) is 0. The molecule has 0 aromatic heterocycles. The van der Waals surface area contributed by atoms with Gasteiger partial charge < -0.3 is 24.8 Å². The van der Waals surface area contributed by atoms with E-state index in [1.54, 1.807) is 18.2 Å². The van der Waals surface area contributed by atoms with Crippen molar-refractivity contribution in [3.63, 3.8) is 0 Å². The van der Waals surface area contributed by atoms with Gasteiger partial charge in [-0.3, -0.25) is 0 Å². The molecule has 0 aliphatic carbocycles. The average Bonchev–Trinajstić information content (AvgIpc) is 2.87. The van der Waals surface area contributed by atoms with Gasteiger partial charge in [-0.2, -0.15) is 0 Å². The fraction of sp³-hybridized carbons (Fsp3) is 0.0556. The summed E-state index contributed by atoms with van der Waals surface area (Å²) in [4.78, 5) is 12.2. The molecule has 3 rings (SSSR count). The number of methoxy groups -OCH3 is 1. The van der Waals surface area contributed by atoms with Gasteiger partial charge in [0.25, 0.3) is 0 Å². The van der Waals surface area contributed by atoms with Crippen molar-refractivity contribution < 1.29 is 29.6 Å². The third kappa shape index (κ3) is 2.77. The summed E-state index contributed by atoms with van der Waals surface area (Å²) in [5, 5.41) is 28.3. The molecule has 1 aliphatic heterocycles. The highest BCUT2D eigenvalue weighted by Gasteiger charge is 2.32. The Kier molecular flexibility index (Phi) is 3.87. The molecular weight excluding hydrogens is 312 g/mol. The summed E-state index contributed by atoms with van der Waals surface area (Å²) in [5.74, 6) is -0.580. The number of ether oxygens (including phenoxy) is 2. The molecule has 0 spiro atoms. The second-order valence-corrected chi connectivity index (χ2v) is 5.10. The third-order valence-electron chi connectivity index (χ3n) is 3.51. The van der Waals surface area contributed by atoms with E-state index in [0.717, 1.165) is 0 Å². The van der Waals surface area contributed by atoms with Crippen LogP contribution in [0.25, 0.3) is 11.6 Å². The van der Waals surface area contributed by atoms with Crippen molar-refractivity contribution in [2.24, 2.45) is 0 Å². The van der Waals surface area contributed by atoms with Crippen LogP contribution in [0.1, 0.15) is 11.1 Å². The van der Waals surface area contributed by atoms with E-state index in [-0.39, 0.29) is 34.3 Å². The van der Waals surface area contributed by atoms with Crippen LogP contribution in [0.2, 0.25) is 0 Å². The van der Waals surface area contributed by atoms with E-state index in [1.807, 2.05) is 0 Å². The number of hydrogen-bond donors (Lipinski definition) is 3. The summed E-state index contributed by atoms with van der Waals surface area (Å²) in [6, 6.07) is 10.3. The van der Waals surface area contributed by atoms with Gasteiger partial charge >= 0.3 is 5.97 Å². The molecule has 1 aliphatic rings. The predicted molar refractivity (Wildman–Crippen MR) is 85.9 cm³/mol. The van der Waals surface area contributed by atoms with Crippen LogP contribution >= 0.6 is 0 Å². The summed E-state index contributed by atoms with van der Waals surface area (Å²) >= 11 is 0. The van der Waals surface area contributed by atoms with E-state index >= 15 is 0 Å². The molecule has 122 valence electrons. The average molecular weight is 326 g/mol. The van der Waals surface area contributed by atoms with E-state index in [0.29, 0.717) is 11.1 Å². The summed E-state index contributed by atoms with van der Waals surface area (Å²) in [5.41, 5.74) is 1.31. The lowest BCUT2D eigenvalue weighted by Gasteiger charge is -2.04. The van der Waals surface area contributed by atoms with Crippen molar-refractivity contribution in [1.82, 2.24) is 0 Å². The van der Waals surface area contributed by atoms with Crippen LogP contribution in [0.3, 0.4) is 0 Å². The summed E-state index contributed by atoms with van der Waals surface area (Å²) in [7, 11) is 1.42. The summed E-state index contributed by atoms with van der Waals surface area (Å²) < 4.78 is 10.6. The number of hydrogen-bond acceptors (Lipinski definition) is 6. The number of cyclic esters (lactones) is 1. The second kappa shape index (κ2) is 6.00. The maximum Gasteiger partial charge on any atom is 0.348 e. The molecule has 1 heterocycles. The molecule has 0 fully saturated rings. The molecule has 2 aromatic carbocycles. The maximum absolute atomic E-state index is 12.2. The first-order chi connectivity index (χ1) is 11.5. The first-order valence-corrected chi connectivity index (χ1v) is 7.03. The van der Waals surface area contributed by atoms with Crippen molar-refractivity contribution in [3.8, 4) is 17.2 Å². The Morgan fingerprint density at radius 2 is 1.71 bits per heavy atom. The van der Waals surface area contributed by atoms with Gasteiger partial charge in [0, 0.05) is 0 Å². The molecule has 0 amide bonds. The molecule has 6 nitrogen and oxygen atoms in total. The largest absolute Gasteiger partial charge is 0.508 e. The SMILES string of the molecule is COC1=C(c2ccc(O)cc2)C(=O)O/C1=C\c1ccc(O)c(O)c1. The van der Waals surface area contributed by atoms with Gasteiger partial charge in [0.05, 0.1) is 7.11 Å².